The SMILES string of the molecule is Fc1ccccc1OCCSC1=NCCC1. The fourth-order valence-corrected chi connectivity index (χ4v) is 2.38. The number of nitrogens with zero attached hydrogens (tertiary/aromatic N) is 1. The Morgan fingerprint density at radius 1 is 1.38 bits per heavy atom. The van der Waals surface area contributed by atoms with Crippen LogP contribution in [-0.2, 0) is 0 Å². The second kappa shape index (κ2) is 5.89. The quantitative estimate of drug-likeness (QED) is 0.753. The lowest BCUT2D eigenvalue weighted by atomic mass is 10.3. The number of halogens is 1. The van der Waals surface area contributed by atoms with E-state index in [1.54, 1.807) is 30.0 Å². The zero-order chi connectivity index (χ0) is 11.2. The van der Waals surface area contributed by atoms with Crippen LogP contribution in [0.5, 0.6) is 5.75 Å². The van der Waals surface area contributed by atoms with Crippen molar-refractivity contribution in [3.8, 4) is 5.75 Å². The van der Waals surface area contributed by atoms with Crippen LogP contribution in [0.15, 0.2) is 29.3 Å². The van der Waals surface area contributed by atoms with E-state index in [-0.39, 0.29) is 5.82 Å². The number of hydrogen-bond acceptors (Lipinski definition) is 3. The molecule has 0 bridgehead atoms. The second-order valence-electron chi connectivity index (χ2n) is 3.51. The number of thioether (sulfide) groups is 1. The van der Waals surface area contributed by atoms with E-state index in [9.17, 15) is 4.39 Å². The zero-order valence-corrected chi connectivity index (χ0v) is 9.80. The molecule has 2 rings (SSSR count). The molecule has 0 amide bonds. The number of aliphatic imine (C=N–C) groups is 1. The predicted octanol–water partition coefficient (Wildman–Crippen LogP) is 3.13. The standard InChI is InChI=1S/C12H14FNOS/c13-10-4-1-2-5-11(10)15-8-9-16-12-6-3-7-14-12/h1-2,4-5H,3,6-9H2. The van der Waals surface area contributed by atoms with Gasteiger partial charge < -0.3 is 4.74 Å². The van der Waals surface area contributed by atoms with Gasteiger partial charge in [-0.2, -0.15) is 0 Å². The summed E-state index contributed by atoms with van der Waals surface area (Å²) in [5.41, 5.74) is 0. The Hall–Kier alpha value is -1.03. The van der Waals surface area contributed by atoms with Crippen LogP contribution in [0.4, 0.5) is 4.39 Å². The van der Waals surface area contributed by atoms with Gasteiger partial charge in [0, 0.05) is 12.3 Å². The Morgan fingerprint density at radius 3 is 3.00 bits per heavy atom. The molecule has 0 spiro atoms. The maximum atomic E-state index is 13.2. The Kier molecular flexibility index (Phi) is 4.22. The number of rotatable bonds is 4. The van der Waals surface area contributed by atoms with Crippen molar-refractivity contribution in [1.29, 1.82) is 0 Å². The Balaban J connectivity index is 1.70. The normalized spacial score (nSPS) is 14.9. The molecule has 1 aromatic carbocycles. The average Bonchev–Trinajstić information content (AvgIpc) is 2.79. The van der Waals surface area contributed by atoms with Gasteiger partial charge in [-0.05, 0) is 25.0 Å². The molecule has 2 nitrogen and oxygen atoms in total. The lowest BCUT2D eigenvalue weighted by molar-refractivity contribution is 0.325. The third-order valence-corrected chi connectivity index (χ3v) is 3.32. The molecular formula is C12H14FNOS. The van der Waals surface area contributed by atoms with Crippen LogP contribution in [-0.4, -0.2) is 23.9 Å². The molecule has 0 radical (unpaired) electrons. The third kappa shape index (κ3) is 3.23. The summed E-state index contributed by atoms with van der Waals surface area (Å²) in [6, 6.07) is 6.48. The van der Waals surface area contributed by atoms with Crippen LogP contribution >= 0.6 is 11.8 Å². The fourth-order valence-electron chi connectivity index (χ4n) is 1.50. The van der Waals surface area contributed by atoms with Crippen molar-refractivity contribution in [3.05, 3.63) is 30.1 Å². The predicted molar refractivity (Wildman–Crippen MR) is 65.9 cm³/mol. The first-order valence-electron chi connectivity index (χ1n) is 5.40. The van der Waals surface area contributed by atoms with Crippen LogP contribution in [0.3, 0.4) is 0 Å². The summed E-state index contributed by atoms with van der Waals surface area (Å²) in [5, 5.41) is 1.21. The van der Waals surface area contributed by atoms with Crippen molar-refractivity contribution in [2.45, 2.75) is 12.8 Å². The van der Waals surface area contributed by atoms with E-state index in [1.165, 1.54) is 11.1 Å². The minimum atomic E-state index is -0.300. The Labute approximate surface area is 98.9 Å². The summed E-state index contributed by atoms with van der Waals surface area (Å²) in [7, 11) is 0. The lowest BCUT2D eigenvalue weighted by Crippen LogP contribution is -2.03. The van der Waals surface area contributed by atoms with Gasteiger partial charge in [-0.3, -0.25) is 4.99 Å². The van der Waals surface area contributed by atoms with Crippen LogP contribution in [0.25, 0.3) is 0 Å². The van der Waals surface area contributed by atoms with Crippen molar-refractivity contribution in [1.82, 2.24) is 0 Å². The van der Waals surface area contributed by atoms with Gasteiger partial charge in [-0.25, -0.2) is 4.39 Å². The lowest BCUT2D eigenvalue weighted by Gasteiger charge is -2.06. The zero-order valence-electron chi connectivity index (χ0n) is 8.99. The Morgan fingerprint density at radius 2 is 2.25 bits per heavy atom. The van der Waals surface area contributed by atoms with Gasteiger partial charge in [0.1, 0.15) is 0 Å². The van der Waals surface area contributed by atoms with Crippen molar-refractivity contribution in [3.63, 3.8) is 0 Å². The maximum Gasteiger partial charge on any atom is 0.165 e. The van der Waals surface area contributed by atoms with Gasteiger partial charge in [-0.1, -0.05) is 12.1 Å². The van der Waals surface area contributed by atoms with E-state index in [2.05, 4.69) is 4.99 Å². The Bertz CT molecular complexity index is 381. The van der Waals surface area contributed by atoms with Crippen LogP contribution in [0, 0.1) is 5.82 Å². The van der Waals surface area contributed by atoms with Crippen molar-refractivity contribution in [2.75, 3.05) is 18.9 Å². The summed E-state index contributed by atoms with van der Waals surface area (Å²) >= 11 is 1.71. The number of ether oxygens (including phenoxy) is 1. The fraction of sp³-hybridized carbons (Fsp3) is 0.417. The summed E-state index contributed by atoms with van der Waals surface area (Å²) in [4.78, 5) is 4.35. The molecule has 0 unspecified atom stereocenters. The molecule has 0 atom stereocenters. The van der Waals surface area contributed by atoms with E-state index >= 15 is 0 Å². The van der Waals surface area contributed by atoms with Crippen molar-refractivity contribution >= 4 is 16.8 Å². The van der Waals surface area contributed by atoms with Crippen molar-refractivity contribution < 1.29 is 9.13 Å². The molecule has 1 heterocycles. The molecule has 0 N–H and O–H groups in total. The molecule has 0 aliphatic carbocycles. The molecule has 86 valence electrons. The number of hydrogen-bond donors (Lipinski definition) is 0. The first-order valence-corrected chi connectivity index (χ1v) is 6.38. The summed E-state index contributed by atoms with van der Waals surface area (Å²) in [6.45, 7) is 1.47. The summed E-state index contributed by atoms with van der Waals surface area (Å²) < 4.78 is 18.5. The highest BCUT2D eigenvalue weighted by Gasteiger charge is 2.06. The van der Waals surface area contributed by atoms with E-state index in [1.807, 2.05) is 0 Å². The molecule has 1 aliphatic heterocycles. The average molecular weight is 239 g/mol. The van der Waals surface area contributed by atoms with Gasteiger partial charge in [0.15, 0.2) is 11.6 Å². The number of benzene rings is 1. The highest BCUT2D eigenvalue weighted by molar-refractivity contribution is 8.13. The third-order valence-electron chi connectivity index (χ3n) is 2.28. The highest BCUT2D eigenvalue weighted by atomic mass is 32.2. The topological polar surface area (TPSA) is 21.6 Å². The molecule has 1 aliphatic rings. The number of para-hydroxylation sites is 1. The van der Waals surface area contributed by atoms with E-state index < -0.39 is 0 Å². The van der Waals surface area contributed by atoms with Gasteiger partial charge in [-0.15, -0.1) is 11.8 Å². The molecule has 0 aromatic heterocycles. The van der Waals surface area contributed by atoms with Gasteiger partial charge >= 0.3 is 0 Å². The molecular weight excluding hydrogens is 225 g/mol. The largest absolute Gasteiger partial charge is 0.490 e. The van der Waals surface area contributed by atoms with Gasteiger partial charge in [0.05, 0.1) is 11.7 Å². The van der Waals surface area contributed by atoms with E-state index in [0.29, 0.717) is 12.4 Å². The van der Waals surface area contributed by atoms with Crippen LogP contribution < -0.4 is 4.74 Å². The first-order chi connectivity index (χ1) is 7.86. The smallest absolute Gasteiger partial charge is 0.165 e. The maximum absolute atomic E-state index is 13.2. The molecule has 16 heavy (non-hydrogen) atoms. The van der Waals surface area contributed by atoms with Crippen LogP contribution in [0.2, 0.25) is 0 Å². The molecule has 0 saturated heterocycles. The van der Waals surface area contributed by atoms with Gasteiger partial charge in [0.25, 0.3) is 0 Å². The summed E-state index contributed by atoms with van der Waals surface area (Å²) in [5.74, 6) is 0.856. The van der Waals surface area contributed by atoms with Crippen LogP contribution in [0.1, 0.15) is 12.8 Å². The molecule has 1 aromatic rings. The summed E-state index contributed by atoms with van der Waals surface area (Å²) in [6.07, 6.45) is 2.25. The molecule has 0 fully saturated rings. The molecule has 0 saturated carbocycles. The second-order valence-corrected chi connectivity index (χ2v) is 4.67. The van der Waals surface area contributed by atoms with E-state index in [4.69, 9.17) is 4.74 Å². The monoisotopic (exact) mass is 239 g/mol. The van der Waals surface area contributed by atoms with E-state index in [0.717, 1.165) is 25.1 Å². The minimum absolute atomic E-state index is 0.300. The van der Waals surface area contributed by atoms with Crippen molar-refractivity contribution in [2.24, 2.45) is 4.99 Å². The van der Waals surface area contributed by atoms with Gasteiger partial charge in [0.2, 0.25) is 0 Å². The minimum Gasteiger partial charge on any atom is -0.490 e. The highest BCUT2D eigenvalue weighted by Crippen LogP contribution is 2.18. The first kappa shape index (κ1) is 11.5. The molecule has 4 heteroatoms.